The molecule has 0 saturated heterocycles. The van der Waals surface area contributed by atoms with E-state index >= 15 is 0 Å². The zero-order chi connectivity index (χ0) is 25.5. The Morgan fingerprint density at radius 1 is 1.08 bits per heavy atom. The van der Waals surface area contributed by atoms with Crippen molar-refractivity contribution in [3.05, 3.63) is 103 Å². The summed E-state index contributed by atoms with van der Waals surface area (Å²) in [6.07, 6.45) is 3.50. The summed E-state index contributed by atoms with van der Waals surface area (Å²) < 4.78 is 8.54. The van der Waals surface area contributed by atoms with Crippen LogP contribution in [-0.2, 0) is 0 Å². The van der Waals surface area contributed by atoms with Crippen molar-refractivity contribution in [3.8, 4) is 33.4 Å². The molecular formula is C25H16N6O4S2. The molecule has 0 fully saturated rings. The smallest absolute Gasteiger partial charge is 0.311 e. The van der Waals surface area contributed by atoms with E-state index in [1.165, 1.54) is 46.4 Å². The molecule has 0 aliphatic rings. The molecule has 37 heavy (non-hydrogen) atoms. The molecule has 0 spiro atoms. The molecule has 0 radical (unpaired) electrons. The molecule has 6 rings (SSSR count). The van der Waals surface area contributed by atoms with Gasteiger partial charge in [0.2, 0.25) is 4.96 Å². The van der Waals surface area contributed by atoms with E-state index in [0.29, 0.717) is 32.1 Å². The van der Waals surface area contributed by atoms with E-state index in [4.69, 9.17) is 9.84 Å². The normalized spacial score (nSPS) is 11.9. The van der Waals surface area contributed by atoms with Crippen molar-refractivity contribution in [1.29, 1.82) is 0 Å². The number of rotatable bonds is 6. The van der Waals surface area contributed by atoms with Crippen molar-refractivity contribution in [2.24, 2.45) is 0 Å². The molecule has 0 aliphatic carbocycles. The molecule has 0 aliphatic heterocycles. The zero-order valence-corrected chi connectivity index (χ0v) is 20.8. The Kier molecular flexibility index (Phi) is 5.58. The summed E-state index contributed by atoms with van der Waals surface area (Å²) in [6.45, 7) is 0. The number of thiophene rings is 1. The number of nitro groups is 1. The van der Waals surface area contributed by atoms with Crippen LogP contribution < -0.4 is 14.8 Å². The first-order valence-corrected chi connectivity index (χ1v) is 12.6. The molecule has 10 nitrogen and oxygen atoms in total. The van der Waals surface area contributed by atoms with Crippen molar-refractivity contribution < 1.29 is 9.66 Å². The molecule has 6 aromatic rings. The SMILES string of the molecule is COc1ccc(-c2nn(-c3ccccc3)cc2/C=c2\sc3nc(-c4cccs4)nn3c2=O)cc1[N+](=O)[O-]. The largest absolute Gasteiger partial charge is 0.490 e. The standard InChI is InChI=1S/C25H16N6O4S2/c1-35-19-10-9-15(12-18(19)31(33)34)22-16(14-29(27-22)17-6-3-2-4-7-17)13-21-24(32)30-25(37-21)26-23(28-30)20-8-5-11-36-20/h2-14H,1H3/b21-13-. The first-order chi connectivity index (χ1) is 18.0. The first kappa shape index (κ1) is 22.8. The van der Waals surface area contributed by atoms with Crippen LogP contribution >= 0.6 is 22.7 Å². The Morgan fingerprint density at radius 3 is 2.62 bits per heavy atom. The van der Waals surface area contributed by atoms with E-state index < -0.39 is 4.92 Å². The number of ether oxygens (including phenoxy) is 1. The number of aromatic nitrogens is 5. The van der Waals surface area contributed by atoms with Crippen LogP contribution in [0, 0.1) is 10.1 Å². The summed E-state index contributed by atoms with van der Waals surface area (Å²) in [4.78, 5) is 30.2. The lowest BCUT2D eigenvalue weighted by Crippen LogP contribution is -2.23. The average molecular weight is 529 g/mol. The minimum absolute atomic E-state index is 0.149. The van der Waals surface area contributed by atoms with Gasteiger partial charge in [0.25, 0.3) is 5.56 Å². The third-order valence-corrected chi connectivity index (χ3v) is 7.45. The van der Waals surface area contributed by atoms with Crippen molar-refractivity contribution >= 4 is 39.4 Å². The Balaban J connectivity index is 1.52. The van der Waals surface area contributed by atoms with Gasteiger partial charge in [-0.15, -0.1) is 16.4 Å². The Labute approximate surface area is 216 Å². The first-order valence-electron chi connectivity index (χ1n) is 10.9. The highest BCUT2D eigenvalue weighted by Crippen LogP contribution is 2.33. The summed E-state index contributed by atoms with van der Waals surface area (Å²) in [5.74, 6) is 0.656. The van der Waals surface area contributed by atoms with Gasteiger partial charge in [0, 0.05) is 23.4 Å². The van der Waals surface area contributed by atoms with Gasteiger partial charge in [-0.2, -0.15) is 14.6 Å². The second-order valence-electron chi connectivity index (χ2n) is 7.88. The Hall–Kier alpha value is -4.68. The van der Waals surface area contributed by atoms with Crippen LogP contribution in [0.25, 0.3) is 38.7 Å². The van der Waals surface area contributed by atoms with Crippen LogP contribution in [0.4, 0.5) is 5.69 Å². The predicted molar refractivity (Wildman–Crippen MR) is 141 cm³/mol. The number of thiazole rings is 1. The van der Waals surface area contributed by atoms with Crippen LogP contribution in [0.3, 0.4) is 0 Å². The van der Waals surface area contributed by atoms with Crippen molar-refractivity contribution in [2.45, 2.75) is 0 Å². The quantitative estimate of drug-likeness (QED) is 0.235. The van der Waals surface area contributed by atoms with E-state index in [9.17, 15) is 14.9 Å². The van der Waals surface area contributed by atoms with Gasteiger partial charge in [-0.25, -0.2) is 4.68 Å². The van der Waals surface area contributed by atoms with Crippen LogP contribution in [0.1, 0.15) is 5.56 Å². The molecule has 2 aromatic carbocycles. The van der Waals surface area contributed by atoms with Gasteiger partial charge >= 0.3 is 5.69 Å². The highest BCUT2D eigenvalue weighted by atomic mass is 32.1. The van der Waals surface area contributed by atoms with Gasteiger partial charge in [-0.1, -0.05) is 35.6 Å². The highest BCUT2D eigenvalue weighted by molar-refractivity contribution is 7.15. The number of nitro benzene ring substituents is 1. The molecule has 4 heterocycles. The number of hydrogen-bond donors (Lipinski definition) is 0. The van der Waals surface area contributed by atoms with Crippen LogP contribution in [-0.4, -0.2) is 36.4 Å². The second-order valence-corrected chi connectivity index (χ2v) is 9.84. The van der Waals surface area contributed by atoms with E-state index in [0.717, 1.165) is 10.6 Å². The van der Waals surface area contributed by atoms with Gasteiger partial charge in [0.15, 0.2) is 11.6 Å². The lowest BCUT2D eigenvalue weighted by Gasteiger charge is -2.04. The van der Waals surface area contributed by atoms with Crippen LogP contribution in [0.2, 0.25) is 0 Å². The van der Waals surface area contributed by atoms with Gasteiger partial charge in [-0.3, -0.25) is 14.9 Å². The lowest BCUT2D eigenvalue weighted by atomic mass is 10.1. The predicted octanol–water partition coefficient (Wildman–Crippen LogP) is 4.20. The number of fused-ring (bicyclic) bond motifs is 1. The van der Waals surface area contributed by atoms with Crippen LogP contribution in [0.15, 0.2) is 77.0 Å². The molecule has 182 valence electrons. The monoisotopic (exact) mass is 528 g/mol. The third kappa shape index (κ3) is 4.07. The van der Waals surface area contributed by atoms with Crippen LogP contribution in [0.5, 0.6) is 5.75 Å². The lowest BCUT2D eigenvalue weighted by molar-refractivity contribution is -0.385. The molecular weight excluding hydrogens is 512 g/mol. The van der Waals surface area contributed by atoms with E-state index in [1.54, 1.807) is 23.0 Å². The second kappa shape index (κ2) is 9.08. The van der Waals surface area contributed by atoms with E-state index in [2.05, 4.69) is 10.1 Å². The van der Waals surface area contributed by atoms with Crippen molar-refractivity contribution in [1.82, 2.24) is 24.4 Å². The maximum absolute atomic E-state index is 13.2. The molecule has 0 saturated carbocycles. The summed E-state index contributed by atoms with van der Waals surface area (Å²) in [6, 6.07) is 17.9. The number of hydrogen-bond acceptors (Lipinski definition) is 9. The maximum Gasteiger partial charge on any atom is 0.311 e. The minimum Gasteiger partial charge on any atom is -0.490 e. The fraction of sp³-hybridized carbons (Fsp3) is 0.0400. The Morgan fingerprint density at radius 2 is 1.92 bits per heavy atom. The number of para-hydroxylation sites is 1. The summed E-state index contributed by atoms with van der Waals surface area (Å²) in [7, 11) is 1.38. The number of benzene rings is 2. The number of nitrogens with zero attached hydrogens (tertiary/aromatic N) is 6. The molecule has 12 heteroatoms. The zero-order valence-electron chi connectivity index (χ0n) is 19.1. The molecule has 0 N–H and O–H groups in total. The topological polar surface area (TPSA) is 117 Å². The average Bonchev–Trinajstić information content (AvgIpc) is 3.71. The molecule has 0 amide bonds. The summed E-state index contributed by atoms with van der Waals surface area (Å²) >= 11 is 2.72. The summed E-state index contributed by atoms with van der Waals surface area (Å²) in [5.41, 5.74) is 1.94. The van der Waals surface area contributed by atoms with Gasteiger partial charge < -0.3 is 4.74 Å². The highest BCUT2D eigenvalue weighted by Gasteiger charge is 2.20. The van der Waals surface area contributed by atoms with Gasteiger partial charge in [0.1, 0.15) is 5.69 Å². The molecule has 0 unspecified atom stereocenters. The summed E-state index contributed by atoms with van der Waals surface area (Å²) in [5, 5.41) is 22.7. The Bertz CT molecular complexity index is 1870. The van der Waals surface area contributed by atoms with Gasteiger partial charge in [0.05, 0.1) is 27.1 Å². The molecule has 0 atom stereocenters. The molecule has 0 bridgehead atoms. The fourth-order valence-electron chi connectivity index (χ4n) is 3.90. The minimum atomic E-state index is -0.499. The third-order valence-electron chi connectivity index (χ3n) is 5.62. The fourth-order valence-corrected chi connectivity index (χ4v) is 5.45. The maximum atomic E-state index is 13.2. The van der Waals surface area contributed by atoms with E-state index in [1.807, 2.05) is 47.8 Å². The molecule has 4 aromatic heterocycles. The van der Waals surface area contributed by atoms with Gasteiger partial charge in [-0.05, 0) is 41.8 Å². The number of methoxy groups -OCH3 is 1. The van der Waals surface area contributed by atoms with Crippen molar-refractivity contribution in [3.63, 3.8) is 0 Å². The van der Waals surface area contributed by atoms with Crippen molar-refractivity contribution in [2.75, 3.05) is 7.11 Å². The van der Waals surface area contributed by atoms with E-state index in [-0.39, 0.29) is 17.0 Å².